The summed E-state index contributed by atoms with van der Waals surface area (Å²) in [5.41, 5.74) is 0. The van der Waals surface area contributed by atoms with Crippen LogP contribution in [0.4, 0.5) is 0 Å². The number of phosphoric acid groups is 1. The van der Waals surface area contributed by atoms with Crippen LogP contribution in [0.15, 0.2) is 0 Å². The summed E-state index contributed by atoms with van der Waals surface area (Å²) in [7, 11) is -4.78. The van der Waals surface area contributed by atoms with Gasteiger partial charge in [-0.15, -0.1) is 0 Å². The molecule has 100 valence electrons. The summed E-state index contributed by atoms with van der Waals surface area (Å²) in [5, 5.41) is 44.8. The number of aliphatic hydroxyl groups is 5. The summed E-state index contributed by atoms with van der Waals surface area (Å²) in [6.07, 6.45) is -7.27. The minimum atomic E-state index is -4.78. The molecule has 9 nitrogen and oxygen atoms in total. The number of rotatable bonds is 7. The molecule has 0 radical (unpaired) electrons. The van der Waals surface area contributed by atoms with E-state index in [1.54, 1.807) is 0 Å². The van der Waals surface area contributed by atoms with Crippen molar-refractivity contribution in [3.63, 3.8) is 0 Å². The molecule has 0 rings (SSSR count). The van der Waals surface area contributed by atoms with Crippen LogP contribution < -0.4 is 0 Å². The molecule has 4 atom stereocenters. The van der Waals surface area contributed by atoms with Gasteiger partial charge < -0.3 is 35.3 Å². The van der Waals surface area contributed by atoms with E-state index in [0.29, 0.717) is 0 Å². The first-order valence-corrected chi connectivity index (χ1v) is 5.75. The fourth-order valence-electron chi connectivity index (χ4n) is 0.835. The van der Waals surface area contributed by atoms with Gasteiger partial charge in [-0.3, -0.25) is 4.52 Å². The Morgan fingerprint density at radius 1 is 1.00 bits per heavy atom. The van der Waals surface area contributed by atoms with Gasteiger partial charge in [0.05, 0.1) is 13.2 Å². The Hall–Kier alpha value is 0.910. The van der Waals surface area contributed by atoms with Crippen molar-refractivity contribution in [2.75, 3.05) is 13.2 Å². The molecule has 0 spiro atoms. The van der Waals surface area contributed by atoms with Crippen molar-refractivity contribution in [3.05, 3.63) is 0 Å². The molecule has 11 heteroatoms. The Morgan fingerprint density at radius 2 is 1.41 bits per heavy atom. The van der Waals surface area contributed by atoms with E-state index in [1.807, 2.05) is 0 Å². The number of hydrogen-bond donors (Lipinski definition) is 7. The molecule has 0 bridgehead atoms. The normalized spacial score (nSPS) is 19.0. The van der Waals surface area contributed by atoms with Gasteiger partial charge in [0.25, 0.3) is 0 Å². The molecule has 17 heavy (non-hydrogen) atoms. The van der Waals surface area contributed by atoms with Crippen LogP contribution in [-0.4, -0.2) is 103 Å². The quantitative estimate of drug-likeness (QED) is 0.181. The average molecular weight is 286 g/mol. The van der Waals surface area contributed by atoms with Gasteiger partial charge in [-0.05, 0) is 0 Å². The summed E-state index contributed by atoms with van der Waals surface area (Å²) in [5.74, 6) is 0. The molecule has 7 N–H and O–H groups in total. The van der Waals surface area contributed by atoms with Gasteiger partial charge in [-0.25, -0.2) is 4.57 Å². The molecule has 0 unspecified atom stereocenters. The van der Waals surface area contributed by atoms with Crippen LogP contribution in [0.3, 0.4) is 0 Å². The predicted octanol–water partition coefficient (Wildman–Crippen LogP) is -4.12. The van der Waals surface area contributed by atoms with Crippen LogP contribution in [-0.2, 0) is 9.09 Å². The fourth-order valence-corrected chi connectivity index (χ4v) is 1.18. The molecule has 0 aliphatic heterocycles. The van der Waals surface area contributed by atoms with E-state index in [1.165, 1.54) is 0 Å². The number of hydrogen-bond acceptors (Lipinski definition) is 7. The molecule has 0 saturated heterocycles. The Labute approximate surface area is 119 Å². The molecule has 0 heterocycles. The monoisotopic (exact) mass is 286 g/mol. The van der Waals surface area contributed by atoms with Gasteiger partial charge in [0, 0.05) is 0 Å². The van der Waals surface area contributed by atoms with Gasteiger partial charge in [0.2, 0.25) is 0 Å². The third kappa shape index (κ3) is 8.60. The Morgan fingerprint density at radius 3 is 1.76 bits per heavy atom. The summed E-state index contributed by atoms with van der Waals surface area (Å²) >= 11 is 0. The van der Waals surface area contributed by atoms with E-state index >= 15 is 0 Å². The zero-order chi connectivity index (χ0) is 12.9. The molecular weight excluding hydrogens is 270 g/mol. The van der Waals surface area contributed by atoms with Crippen LogP contribution >= 0.6 is 7.82 Å². The third-order valence-electron chi connectivity index (χ3n) is 1.74. The van der Waals surface area contributed by atoms with Crippen molar-refractivity contribution in [1.82, 2.24) is 0 Å². The molecule has 0 aliphatic carbocycles. The second kappa shape index (κ2) is 8.92. The van der Waals surface area contributed by atoms with E-state index in [4.69, 9.17) is 30.2 Å². The van der Waals surface area contributed by atoms with E-state index < -0.39 is 45.5 Å². The first-order valence-electron chi connectivity index (χ1n) is 4.22. The predicted molar refractivity (Wildman–Crippen MR) is 56.3 cm³/mol. The molecule has 0 aliphatic rings. The van der Waals surface area contributed by atoms with Gasteiger partial charge in [-0.2, -0.15) is 0 Å². The molecular formula is C6H16NaO9P. The van der Waals surface area contributed by atoms with Crippen molar-refractivity contribution < 1.29 is 44.4 Å². The first-order chi connectivity index (χ1) is 7.19. The second-order valence-electron chi connectivity index (χ2n) is 3.08. The van der Waals surface area contributed by atoms with Crippen molar-refractivity contribution >= 4 is 37.4 Å². The third-order valence-corrected chi connectivity index (χ3v) is 2.22. The zero-order valence-corrected chi connectivity index (χ0v) is 9.01. The van der Waals surface area contributed by atoms with E-state index in [2.05, 4.69) is 4.52 Å². The minimum absolute atomic E-state index is 0. The standard InChI is InChI=1S/C6H15O9P.Na.H/c7-1-3(8)5(10)6(11)4(9)2-15-16(12,13)14;;/h3-11H,1-2H2,(H2,12,13,14);;/t3-,4+,5-,6-;;/m1../s1. The van der Waals surface area contributed by atoms with Crippen molar-refractivity contribution in [1.29, 1.82) is 0 Å². The van der Waals surface area contributed by atoms with Gasteiger partial charge in [0.15, 0.2) is 0 Å². The fraction of sp³-hybridized carbons (Fsp3) is 1.00. The summed E-state index contributed by atoms with van der Waals surface area (Å²) in [6.45, 7) is -1.77. The molecule has 0 amide bonds. The van der Waals surface area contributed by atoms with Crippen molar-refractivity contribution in [2.24, 2.45) is 0 Å². The molecule has 0 saturated carbocycles. The van der Waals surface area contributed by atoms with E-state index in [0.717, 1.165) is 0 Å². The van der Waals surface area contributed by atoms with Crippen molar-refractivity contribution in [2.45, 2.75) is 24.4 Å². The average Bonchev–Trinajstić information content (AvgIpc) is 2.21. The van der Waals surface area contributed by atoms with Crippen LogP contribution in [0.1, 0.15) is 0 Å². The van der Waals surface area contributed by atoms with E-state index in [9.17, 15) is 9.67 Å². The van der Waals surface area contributed by atoms with Crippen molar-refractivity contribution in [3.8, 4) is 0 Å². The molecule has 0 fully saturated rings. The topological polar surface area (TPSA) is 168 Å². The summed E-state index contributed by atoms with van der Waals surface area (Å²) in [6, 6.07) is 0. The molecule has 0 aromatic carbocycles. The number of aliphatic hydroxyl groups excluding tert-OH is 5. The molecule has 0 aromatic rings. The summed E-state index contributed by atoms with van der Waals surface area (Å²) < 4.78 is 14.1. The Kier molecular flexibility index (Phi) is 10.6. The van der Waals surface area contributed by atoms with Gasteiger partial charge in [0.1, 0.15) is 24.4 Å². The van der Waals surface area contributed by atoms with Crippen LogP contribution in [0.5, 0.6) is 0 Å². The Balaban J connectivity index is 0. The first kappa shape index (κ1) is 20.2. The number of phosphoric ester groups is 1. The van der Waals surface area contributed by atoms with Crippen LogP contribution in [0.2, 0.25) is 0 Å². The Bertz CT molecular complexity index is 246. The molecule has 0 aromatic heterocycles. The summed E-state index contributed by atoms with van der Waals surface area (Å²) in [4.78, 5) is 16.6. The van der Waals surface area contributed by atoms with Crippen LogP contribution in [0, 0.1) is 0 Å². The zero-order valence-electron chi connectivity index (χ0n) is 8.12. The van der Waals surface area contributed by atoms with Gasteiger partial charge in [-0.1, -0.05) is 0 Å². The SMILES string of the molecule is O=P(O)(O)OC[C@H](O)[C@@H](O)[C@H](O)[C@H](O)CO.[NaH]. The maximum atomic E-state index is 10.2. The second-order valence-corrected chi connectivity index (χ2v) is 4.32. The maximum absolute atomic E-state index is 10.2. The van der Waals surface area contributed by atoms with Gasteiger partial charge >= 0.3 is 37.4 Å². The van der Waals surface area contributed by atoms with E-state index in [-0.39, 0.29) is 29.6 Å². The van der Waals surface area contributed by atoms with Crippen LogP contribution in [0.25, 0.3) is 0 Å².